The molecule has 0 spiro atoms. The highest BCUT2D eigenvalue weighted by Gasteiger charge is 2.36. The Labute approximate surface area is 164 Å². The summed E-state index contributed by atoms with van der Waals surface area (Å²) in [4.78, 5) is 39.9. The summed E-state index contributed by atoms with van der Waals surface area (Å²) >= 11 is 0. The molecule has 6 heteroatoms. The molecule has 2 aromatic rings. The van der Waals surface area contributed by atoms with Crippen LogP contribution in [0.1, 0.15) is 17.5 Å². The van der Waals surface area contributed by atoms with Gasteiger partial charge in [-0.05, 0) is 24.6 Å². The van der Waals surface area contributed by atoms with Crippen LogP contribution < -0.4 is 4.90 Å². The second kappa shape index (κ2) is 8.69. The van der Waals surface area contributed by atoms with Crippen molar-refractivity contribution in [3.8, 4) is 0 Å². The predicted octanol–water partition coefficient (Wildman–Crippen LogP) is 2.55. The molecular formula is C22H24N2O4. The van der Waals surface area contributed by atoms with E-state index in [-0.39, 0.29) is 31.4 Å². The Morgan fingerprint density at radius 3 is 2.46 bits per heavy atom. The maximum absolute atomic E-state index is 12.3. The Morgan fingerprint density at radius 2 is 1.79 bits per heavy atom. The molecule has 1 heterocycles. The van der Waals surface area contributed by atoms with Crippen molar-refractivity contribution < 1.29 is 19.1 Å². The number of esters is 1. The van der Waals surface area contributed by atoms with Crippen LogP contribution in [0.25, 0.3) is 0 Å². The van der Waals surface area contributed by atoms with E-state index in [0.29, 0.717) is 6.54 Å². The average Bonchev–Trinajstić information content (AvgIpc) is 3.09. The standard InChI is InChI=1S/C22H24N2O4/c1-16-8-10-19(11-9-16)24-14-18(12-20(24)25)22(27)28-15-21(26)23(2)13-17-6-4-3-5-7-17/h3-11,18H,12-15H2,1-2H3/t18-/m1/s1. The zero-order valence-electron chi connectivity index (χ0n) is 16.1. The summed E-state index contributed by atoms with van der Waals surface area (Å²) < 4.78 is 5.19. The molecule has 6 nitrogen and oxygen atoms in total. The van der Waals surface area contributed by atoms with E-state index >= 15 is 0 Å². The minimum atomic E-state index is -0.555. The van der Waals surface area contributed by atoms with E-state index in [2.05, 4.69) is 0 Å². The van der Waals surface area contributed by atoms with Gasteiger partial charge < -0.3 is 14.5 Å². The third kappa shape index (κ3) is 4.76. The molecule has 0 saturated carbocycles. The van der Waals surface area contributed by atoms with Gasteiger partial charge in [-0.1, -0.05) is 48.0 Å². The largest absolute Gasteiger partial charge is 0.455 e. The summed E-state index contributed by atoms with van der Waals surface area (Å²) in [5.41, 5.74) is 2.87. The molecule has 0 aromatic heterocycles. The molecule has 0 N–H and O–H groups in total. The number of benzene rings is 2. The molecule has 1 saturated heterocycles. The molecule has 2 amide bonds. The lowest BCUT2D eigenvalue weighted by Gasteiger charge is -2.18. The summed E-state index contributed by atoms with van der Waals surface area (Å²) in [6, 6.07) is 17.2. The van der Waals surface area contributed by atoms with Gasteiger partial charge >= 0.3 is 5.97 Å². The number of aryl methyl sites for hydroxylation is 1. The zero-order chi connectivity index (χ0) is 20.1. The summed E-state index contributed by atoms with van der Waals surface area (Å²) in [6.45, 7) is 2.37. The molecular weight excluding hydrogens is 356 g/mol. The van der Waals surface area contributed by atoms with E-state index in [1.165, 1.54) is 4.90 Å². The van der Waals surface area contributed by atoms with E-state index in [1.807, 2.05) is 61.5 Å². The second-order valence-electron chi connectivity index (χ2n) is 7.08. The van der Waals surface area contributed by atoms with Crippen molar-refractivity contribution in [3.05, 3.63) is 65.7 Å². The molecule has 28 heavy (non-hydrogen) atoms. The van der Waals surface area contributed by atoms with Gasteiger partial charge in [0, 0.05) is 32.2 Å². The molecule has 1 aliphatic rings. The quantitative estimate of drug-likeness (QED) is 0.723. The summed E-state index contributed by atoms with van der Waals surface area (Å²) in [5.74, 6) is -1.46. The minimum Gasteiger partial charge on any atom is -0.455 e. The predicted molar refractivity (Wildman–Crippen MR) is 106 cm³/mol. The first-order chi connectivity index (χ1) is 13.4. The molecule has 2 aromatic carbocycles. The maximum Gasteiger partial charge on any atom is 0.311 e. The van der Waals surface area contributed by atoms with Crippen molar-refractivity contribution in [2.24, 2.45) is 5.92 Å². The Bertz CT molecular complexity index is 849. The first-order valence-corrected chi connectivity index (χ1v) is 9.25. The number of hydrogen-bond acceptors (Lipinski definition) is 4. The van der Waals surface area contributed by atoms with E-state index in [0.717, 1.165) is 16.8 Å². The van der Waals surface area contributed by atoms with Gasteiger partial charge in [0.2, 0.25) is 5.91 Å². The zero-order valence-corrected chi connectivity index (χ0v) is 16.1. The fourth-order valence-electron chi connectivity index (χ4n) is 3.15. The summed E-state index contributed by atoms with van der Waals surface area (Å²) in [5, 5.41) is 0. The van der Waals surface area contributed by atoms with Crippen molar-refractivity contribution >= 4 is 23.5 Å². The number of carbonyl (C=O) groups excluding carboxylic acids is 3. The number of carbonyl (C=O) groups is 3. The molecule has 1 aliphatic heterocycles. The van der Waals surface area contributed by atoms with Crippen molar-refractivity contribution in [2.75, 3.05) is 25.1 Å². The van der Waals surface area contributed by atoms with Gasteiger partial charge in [-0.2, -0.15) is 0 Å². The van der Waals surface area contributed by atoms with Crippen LogP contribution >= 0.6 is 0 Å². The van der Waals surface area contributed by atoms with Gasteiger partial charge in [-0.25, -0.2) is 0 Å². The number of nitrogens with zero attached hydrogens (tertiary/aromatic N) is 2. The average molecular weight is 380 g/mol. The fourth-order valence-corrected chi connectivity index (χ4v) is 3.15. The number of likely N-dealkylation sites (N-methyl/N-ethyl adjacent to an activating group) is 1. The van der Waals surface area contributed by atoms with Crippen molar-refractivity contribution in [3.63, 3.8) is 0 Å². The summed E-state index contributed by atoms with van der Waals surface area (Å²) in [7, 11) is 1.67. The van der Waals surface area contributed by atoms with Crippen LogP contribution in [-0.2, 0) is 25.7 Å². The smallest absolute Gasteiger partial charge is 0.311 e. The molecule has 0 aliphatic carbocycles. The molecule has 0 bridgehead atoms. The lowest BCUT2D eigenvalue weighted by Crippen LogP contribution is -2.32. The molecule has 0 radical (unpaired) electrons. The van der Waals surface area contributed by atoms with Crippen LogP contribution in [0.4, 0.5) is 5.69 Å². The third-order valence-electron chi connectivity index (χ3n) is 4.83. The molecule has 0 unspecified atom stereocenters. The molecule has 3 rings (SSSR count). The van der Waals surface area contributed by atoms with Crippen molar-refractivity contribution in [1.29, 1.82) is 0 Å². The fraction of sp³-hybridized carbons (Fsp3) is 0.318. The number of amides is 2. The van der Waals surface area contributed by atoms with Crippen LogP contribution in [0, 0.1) is 12.8 Å². The lowest BCUT2D eigenvalue weighted by molar-refractivity contribution is -0.155. The summed E-state index contributed by atoms with van der Waals surface area (Å²) in [6.07, 6.45) is 0.0980. The Hall–Kier alpha value is -3.15. The first kappa shape index (κ1) is 19.6. The first-order valence-electron chi connectivity index (χ1n) is 9.25. The SMILES string of the molecule is Cc1ccc(N2C[C@H](C(=O)OCC(=O)N(C)Cc3ccccc3)CC2=O)cc1. The lowest BCUT2D eigenvalue weighted by atomic mass is 10.1. The van der Waals surface area contributed by atoms with E-state index < -0.39 is 11.9 Å². The van der Waals surface area contributed by atoms with Crippen LogP contribution in [0.2, 0.25) is 0 Å². The van der Waals surface area contributed by atoms with Gasteiger partial charge in [0.15, 0.2) is 6.61 Å². The topological polar surface area (TPSA) is 66.9 Å². The van der Waals surface area contributed by atoms with Crippen molar-refractivity contribution in [2.45, 2.75) is 19.9 Å². The highest BCUT2D eigenvalue weighted by molar-refractivity contribution is 5.99. The van der Waals surface area contributed by atoms with Gasteiger partial charge in [0.25, 0.3) is 5.91 Å². The van der Waals surface area contributed by atoms with Crippen molar-refractivity contribution in [1.82, 2.24) is 4.90 Å². The molecule has 146 valence electrons. The van der Waals surface area contributed by atoms with Gasteiger partial charge in [0.05, 0.1) is 5.92 Å². The van der Waals surface area contributed by atoms with Crippen LogP contribution in [-0.4, -0.2) is 42.9 Å². The normalized spacial score (nSPS) is 16.1. The van der Waals surface area contributed by atoms with Gasteiger partial charge in [-0.3, -0.25) is 14.4 Å². The van der Waals surface area contributed by atoms with Gasteiger partial charge in [-0.15, -0.1) is 0 Å². The van der Waals surface area contributed by atoms with E-state index in [9.17, 15) is 14.4 Å². The Morgan fingerprint density at radius 1 is 1.11 bits per heavy atom. The number of anilines is 1. The van der Waals surface area contributed by atoms with Gasteiger partial charge in [0.1, 0.15) is 0 Å². The van der Waals surface area contributed by atoms with E-state index in [4.69, 9.17) is 4.74 Å². The Balaban J connectivity index is 1.50. The molecule has 1 fully saturated rings. The highest BCUT2D eigenvalue weighted by atomic mass is 16.5. The third-order valence-corrected chi connectivity index (χ3v) is 4.83. The number of rotatable bonds is 6. The second-order valence-corrected chi connectivity index (χ2v) is 7.08. The van der Waals surface area contributed by atoms with E-state index in [1.54, 1.807) is 11.9 Å². The Kier molecular flexibility index (Phi) is 6.09. The van der Waals surface area contributed by atoms with Crippen LogP contribution in [0.3, 0.4) is 0 Å². The monoisotopic (exact) mass is 380 g/mol. The number of hydrogen-bond donors (Lipinski definition) is 0. The molecule has 1 atom stereocenters. The minimum absolute atomic E-state index is 0.0980. The highest BCUT2D eigenvalue weighted by Crippen LogP contribution is 2.26. The number of ether oxygens (including phenoxy) is 1. The van der Waals surface area contributed by atoms with Crippen LogP contribution in [0.5, 0.6) is 0 Å². The maximum atomic E-state index is 12.3. The van der Waals surface area contributed by atoms with Crippen LogP contribution in [0.15, 0.2) is 54.6 Å².